The smallest absolute Gasteiger partial charge is 0.129 e. The zero-order valence-electron chi connectivity index (χ0n) is 11.0. The molecule has 0 saturated heterocycles. The number of nitrogens with one attached hydrogen (secondary N) is 1. The van der Waals surface area contributed by atoms with E-state index < -0.39 is 0 Å². The molecule has 3 aromatic rings. The van der Waals surface area contributed by atoms with E-state index in [0.29, 0.717) is 0 Å². The Morgan fingerprint density at radius 3 is 3.00 bits per heavy atom. The van der Waals surface area contributed by atoms with Crippen LogP contribution in [0.1, 0.15) is 16.5 Å². The molecular weight excluding hydrogens is 270 g/mol. The molecule has 3 N–H and O–H groups in total. The Balaban J connectivity index is 2.11. The summed E-state index contributed by atoms with van der Waals surface area (Å²) in [4.78, 5) is 5.33. The Morgan fingerprint density at radius 2 is 2.25 bits per heavy atom. The second-order valence-corrected chi connectivity index (χ2v) is 5.38. The van der Waals surface area contributed by atoms with Crippen LogP contribution < -0.4 is 16.0 Å². The van der Waals surface area contributed by atoms with Crippen LogP contribution in [0.25, 0.3) is 10.8 Å². The van der Waals surface area contributed by atoms with Crippen molar-refractivity contribution in [2.24, 2.45) is 5.84 Å². The molecule has 0 bridgehead atoms. The fourth-order valence-electron chi connectivity index (χ4n) is 2.31. The Hall–Kier alpha value is -1.95. The zero-order chi connectivity index (χ0) is 13.9. The van der Waals surface area contributed by atoms with Crippen LogP contribution in [0, 0.1) is 0 Å². The van der Waals surface area contributed by atoms with E-state index in [2.05, 4.69) is 22.5 Å². The predicted octanol–water partition coefficient (Wildman–Crippen LogP) is 2.86. The van der Waals surface area contributed by atoms with E-state index in [1.807, 2.05) is 29.8 Å². The van der Waals surface area contributed by atoms with Crippen molar-refractivity contribution in [2.45, 2.75) is 6.04 Å². The normalized spacial score (nSPS) is 12.5. The number of rotatable bonds is 4. The van der Waals surface area contributed by atoms with Crippen molar-refractivity contribution in [3.63, 3.8) is 0 Å². The highest BCUT2D eigenvalue weighted by molar-refractivity contribution is 7.10. The molecule has 20 heavy (non-hydrogen) atoms. The summed E-state index contributed by atoms with van der Waals surface area (Å²) in [5.74, 6) is 6.62. The van der Waals surface area contributed by atoms with Crippen LogP contribution in [-0.2, 0) is 0 Å². The molecule has 0 aliphatic heterocycles. The SMILES string of the molecule is COc1csc(C(NN)c2cccc3ccncc23)c1. The van der Waals surface area contributed by atoms with Gasteiger partial charge in [-0.2, -0.15) is 0 Å². The lowest BCUT2D eigenvalue weighted by Gasteiger charge is -2.16. The molecule has 102 valence electrons. The molecule has 1 unspecified atom stereocenters. The van der Waals surface area contributed by atoms with Crippen LogP contribution in [-0.4, -0.2) is 12.1 Å². The minimum Gasteiger partial charge on any atom is -0.496 e. The van der Waals surface area contributed by atoms with Gasteiger partial charge >= 0.3 is 0 Å². The van der Waals surface area contributed by atoms with Crippen molar-refractivity contribution in [3.05, 3.63) is 58.5 Å². The number of pyridine rings is 1. The van der Waals surface area contributed by atoms with Crippen molar-refractivity contribution >= 4 is 22.1 Å². The molecule has 0 amide bonds. The van der Waals surface area contributed by atoms with Crippen molar-refractivity contribution in [2.75, 3.05) is 7.11 Å². The molecule has 2 heterocycles. The van der Waals surface area contributed by atoms with E-state index in [9.17, 15) is 0 Å². The summed E-state index contributed by atoms with van der Waals surface area (Å²) in [5, 5.41) is 4.23. The fraction of sp³-hybridized carbons (Fsp3) is 0.133. The van der Waals surface area contributed by atoms with Gasteiger partial charge in [0.2, 0.25) is 0 Å². The van der Waals surface area contributed by atoms with E-state index in [-0.39, 0.29) is 6.04 Å². The molecule has 0 saturated carbocycles. The second kappa shape index (κ2) is 5.58. The number of hydrogen-bond donors (Lipinski definition) is 2. The van der Waals surface area contributed by atoms with Gasteiger partial charge in [0.05, 0.1) is 13.2 Å². The predicted molar refractivity (Wildman–Crippen MR) is 81.8 cm³/mol. The number of hydrogen-bond acceptors (Lipinski definition) is 5. The molecule has 3 rings (SSSR count). The third-order valence-corrected chi connectivity index (χ3v) is 4.29. The van der Waals surface area contributed by atoms with Crippen LogP contribution >= 0.6 is 11.3 Å². The van der Waals surface area contributed by atoms with Gasteiger partial charge in [0, 0.05) is 28.0 Å². The molecule has 5 heteroatoms. The first-order valence-corrected chi connectivity index (χ1v) is 7.12. The standard InChI is InChI=1S/C15H15N3OS/c1-19-11-7-14(20-9-11)15(18-16)12-4-2-3-10-5-6-17-8-13(10)12/h2-9,15,18H,16H2,1H3. The average Bonchev–Trinajstić information content (AvgIpc) is 2.97. The minimum atomic E-state index is -0.0724. The number of hydrazine groups is 1. The van der Waals surface area contributed by atoms with Crippen LogP contribution in [0.5, 0.6) is 5.75 Å². The van der Waals surface area contributed by atoms with Gasteiger partial charge in [-0.05, 0) is 23.1 Å². The van der Waals surface area contributed by atoms with Gasteiger partial charge < -0.3 is 4.74 Å². The summed E-state index contributed by atoms with van der Waals surface area (Å²) in [6.45, 7) is 0. The lowest BCUT2D eigenvalue weighted by Crippen LogP contribution is -2.28. The molecule has 2 aromatic heterocycles. The number of nitrogens with two attached hydrogens (primary N) is 1. The van der Waals surface area contributed by atoms with Gasteiger partial charge in [0.1, 0.15) is 5.75 Å². The summed E-state index contributed by atoms with van der Waals surface area (Å²) < 4.78 is 5.24. The highest BCUT2D eigenvalue weighted by atomic mass is 32.1. The van der Waals surface area contributed by atoms with E-state index in [1.54, 1.807) is 24.6 Å². The van der Waals surface area contributed by atoms with Crippen molar-refractivity contribution in [1.82, 2.24) is 10.4 Å². The fourth-order valence-corrected chi connectivity index (χ4v) is 3.24. The number of fused-ring (bicyclic) bond motifs is 1. The molecular formula is C15H15N3OS. The first kappa shape index (κ1) is 13.1. The maximum absolute atomic E-state index is 5.77. The highest BCUT2D eigenvalue weighted by Crippen LogP contribution is 2.33. The van der Waals surface area contributed by atoms with Crippen LogP contribution in [0.2, 0.25) is 0 Å². The summed E-state index contributed by atoms with van der Waals surface area (Å²) in [6.07, 6.45) is 3.67. The number of ether oxygens (including phenoxy) is 1. The maximum atomic E-state index is 5.77. The van der Waals surface area contributed by atoms with E-state index in [4.69, 9.17) is 10.6 Å². The topological polar surface area (TPSA) is 60.2 Å². The molecule has 0 aliphatic carbocycles. The van der Waals surface area contributed by atoms with E-state index >= 15 is 0 Å². The van der Waals surface area contributed by atoms with Gasteiger partial charge in [0.15, 0.2) is 0 Å². The van der Waals surface area contributed by atoms with Crippen LogP contribution in [0.15, 0.2) is 48.1 Å². The van der Waals surface area contributed by atoms with Crippen LogP contribution in [0.4, 0.5) is 0 Å². The molecule has 0 fully saturated rings. The first-order chi connectivity index (χ1) is 9.83. The van der Waals surface area contributed by atoms with Gasteiger partial charge in [-0.3, -0.25) is 10.8 Å². The third kappa shape index (κ3) is 2.27. The summed E-state index contributed by atoms with van der Waals surface area (Å²) in [7, 11) is 1.67. The van der Waals surface area contributed by atoms with Gasteiger partial charge in [0.25, 0.3) is 0 Å². The number of benzene rings is 1. The van der Waals surface area contributed by atoms with Crippen molar-refractivity contribution < 1.29 is 4.74 Å². The lowest BCUT2D eigenvalue weighted by atomic mass is 9.99. The van der Waals surface area contributed by atoms with Gasteiger partial charge in [-0.15, -0.1) is 11.3 Å². The average molecular weight is 285 g/mol. The number of methoxy groups -OCH3 is 1. The minimum absolute atomic E-state index is 0.0724. The molecule has 1 atom stereocenters. The monoisotopic (exact) mass is 285 g/mol. The molecule has 0 radical (unpaired) electrons. The zero-order valence-corrected chi connectivity index (χ0v) is 11.9. The number of thiophene rings is 1. The lowest BCUT2D eigenvalue weighted by molar-refractivity contribution is 0.416. The first-order valence-electron chi connectivity index (χ1n) is 6.24. The highest BCUT2D eigenvalue weighted by Gasteiger charge is 2.17. The Bertz CT molecular complexity index is 720. The largest absolute Gasteiger partial charge is 0.496 e. The van der Waals surface area contributed by atoms with Gasteiger partial charge in [-0.25, -0.2) is 5.43 Å². The van der Waals surface area contributed by atoms with Gasteiger partial charge in [-0.1, -0.05) is 18.2 Å². The maximum Gasteiger partial charge on any atom is 0.129 e. The summed E-state index contributed by atoms with van der Waals surface area (Å²) in [5.41, 5.74) is 4.00. The Morgan fingerprint density at radius 1 is 1.35 bits per heavy atom. The van der Waals surface area contributed by atoms with E-state index in [1.165, 1.54) is 0 Å². The number of aromatic nitrogens is 1. The molecule has 0 spiro atoms. The second-order valence-electron chi connectivity index (χ2n) is 4.43. The molecule has 4 nitrogen and oxygen atoms in total. The molecule has 1 aromatic carbocycles. The summed E-state index contributed by atoms with van der Waals surface area (Å²) >= 11 is 1.62. The quantitative estimate of drug-likeness (QED) is 0.571. The third-order valence-electron chi connectivity index (χ3n) is 3.31. The van der Waals surface area contributed by atoms with Crippen LogP contribution in [0.3, 0.4) is 0 Å². The van der Waals surface area contributed by atoms with E-state index in [0.717, 1.165) is 27.0 Å². The Labute approximate surface area is 121 Å². The Kier molecular flexibility index (Phi) is 3.64. The summed E-state index contributed by atoms with van der Waals surface area (Å²) in [6, 6.07) is 10.1. The number of nitrogens with zero attached hydrogens (tertiary/aromatic N) is 1. The molecule has 0 aliphatic rings. The van der Waals surface area contributed by atoms with Crippen molar-refractivity contribution in [1.29, 1.82) is 0 Å². The van der Waals surface area contributed by atoms with Crippen molar-refractivity contribution in [3.8, 4) is 5.75 Å².